The molecule has 0 unspecified atom stereocenters. The average Bonchev–Trinajstić information content (AvgIpc) is 3.18. The predicted octanol–water partition coefficient (Wildman–Crippen LogP) is 4.06. The molecule has 0 bridgehead atoms. The van der Waals surface area contributed by atoms with Gasteiger partial charge in [-0.25, -0.2) is 0 Å². The zero-order valence-corrected chi connectivity index (χ0v) is 18.8. The lowest BCUT2D eigenvalue weighted by atomic mass is 9.68. The number of nitrogens with zero attached hydrogens (tertiary/aromatic N) is 4. The number of pyridine rings is 1. The molecular formula is C24H29N5OS. The summed E-state index contributed by atoms with van der Waals surface area (Å²) in [7, 11) is 1.98. The second kappa shape index (κ2) is 10.1. The lowest BCUT2D eigenvalue weighted by molar-refractivity contribution is -0.128. The first-order valence-electron chi connectivity index (χ1n) is 10.9. The van der Waals surface area contributed by atoms with Crippen LogP contribution in [0, 0.1) is 0 Å². The molecule has 162 valence electrons. The molecule has 0 spiro atoms. The Bertz CT molecular complexity index is 984. The van der Waals surface area contributed by atoms with Crippen molar-refractivity contribution in [3.8, 4) is 0 Å². The second-order valence-corrected chi connectivity index (χ2v) is 9.02. The highest BCUT2D eigenvalue weighted by atomic mass is 32.2. The number of carbonyl (C=O) groups is 1. The fourth-order valence-electron chi connectivity index (χ4n) is 4.33. The van der Waals surface area contributed by atoms with Crippen LogP contribution >= 0.6 is 11.8 Å². The fourth-order valence-corrected chi connectivity index (χ4v) is 5.17. The average molecular weight is 436 g/mol. The SMILES string of the molecule is Cn1c(CCNC(=O)C2(c3ccccc3)CCCCC2)nnc1SCc1ccccn1. The van der Waals surface area contributed by atoms with Crippen molar-refractivity contribution in [2.75, 3.05) is 6.54 Å². The quantitative estimate of drug-likeness (QED) is 0.540. The summed E-state index contributed by atoms with van der Waals surface area (Å²) in [5, 5.41) is 12.7. The van der Waals surface area contributed by atoms with E-state index >= 15 is 0 Å². The normalized spacial score (nSPS) is 15.5. The van der Waals surface area contributed by atoms with E-state index in [9.17, 15) is 4.79 Å². The van der Waals surface area contributed by atoms with Crippen molar-refractivity contribution in [3.05, 3.63) is 71.8 Å². The number of benzene rings is 1. The van der Waals surface area contributed by atoms with Crippen LogP contribution in [0.2, 0.25) is 0 Å². The molecular weight excluding hydrogens is 406 g/mol. The number of hydrogen-bond donors (Lipinski definition) is 1. The summed E-state index contributed by atoms with van der Waals surface area (Å²) in [5.74, 6) is 1.77. The first-order chi connectivity index (χ1) is 15.2. The van der Waals surface area contributed by atoms with Gasteiger partial charge >= 0.3 is 0 Å². The van der Waals surface area contributed by atoms with E-state index in [0.717, 1.165) is 53.7 Å². The van der Waals surface area contributed by atoms with Crippen molar-refractivity contribution in [3.63, 3.8) is 0 Å². The molecule has 1 saturated carbocycles. The molecule has 2 aromatic heterocycles. The zero-order chi connectivity index (χ0) is 21.5. The molecule has 7 heteroatoms. The van der Waals surface area contributed by atoms with Crippen molar-refractivity contribution in [1.82, 2.24) is 25.1 Å². The summed E-state index contributed by atoms with van der Waals surface area (Å²) in [6.07, 6.45) is 7.70. The van der Waals surface area contributed by atoms with Gasteiger partial charge in [0.2, 0.25) is 5.91 Å². The van der Waals surface area contributed by atoms with Crippen molar-refractivity contribution in [2.45, 2.75) is 54.8 Å². The molecule has 0 radical (unpaired) electrons. The van der Waals surface area contributed by atoms with Crippen molar-refractivity contribution >= 4 is 17.7 Å². The first kappa shape index (κ1) is 21.6. The van der Waals surface area contributed by atoms with E-state index in [-0.39, 0.29) is 5.91 Å². The second-order valence-electron chi connectivity index (χ2n) is 8.08. The molecule has 0 aliphatic heterocycles. The van der Waals surface area contributed by atoms with E-state index in [1.165, 1.54) is 6.42 Å². The van der Waals surface area contributed by atoms with Gasteiger partial charge in [0.15, 0.2) is 5.16 Å². The highest BCUT2D eigenvalue weighted by Gasteiger charge is 2.40. The number of hydrogen-bond acceptors (Lipinski definition) is 5. The fraction of sp³-hybridized carbons (Fsp3) is 0.417. The Labute approximate surface area is 187 Å². The third kappa shape index (κ3) is 4.98. The number of nitrogens with one attached hydrogen (secondary N) is 1. The predicted molar refractivity (Wildman–Crippen MR) is 123 cm³/mol. The molecule has 31 heavy (non-hydrogen) atoms. The van der Waals surface area contributed by atoms with E-state index in [1.54, 1.807) is 18.0 Å². The maximum atomic E-state index is 13.3. The van der Waals surface area contributed by atoms with Crippen molar-refractivity contribution in [2.24, 2.45) is 7.05 Å². The topological polar surface area (TPSA) is 72.7 Å². The van der Waals surface area contributed by atoms with Gasteiger partial charge in [0.1, 0.15) is 5.82 Å². The van der Waals surface area contributed by atoms with Crippen LogP contribution in [0.4, 0.5) is 0 Å². The van der Waals surface area contributed by atoms with Crippen LogP contribution in [-0.4, -0.2) is 32.2 Å². The van der Waals surface area contributed by atoms with E-state index in [0.29, 0.717) is 13.0 Å². The molecule has 1 fully saturated rings. The summed E-state index contributed by atoms with van der Waals surface area (Å²) in [5.41, 5.74) is 1.75. The standard InChI is InChI=1S/C24H29N5OS/c1-29-21(27-28-23(29)31-18-20-12-6-9-16-25-20)13-17-26-22(30)24(14-7-3-8-15-24)19-10-4-2-5-11-19/h2,4-6,9-12,16H,3,7-8,13-15,17-18H2,1H3,(H,26,30). The third-order valence-electron chi connectivity index (χ3n) is 6.10. The minimum absolute atomic E-state index is 0.144. The van der Waals surface area contributed by atoms with Crippen LogP contribution in [0.1, 0.15) is 49.2 Å². The van der Waals surface area contributed by atoms with Gasteiger partial charge in [-0.15, -0.1) is 10.2 Å². The highest BCUT2D eigenvalue weighted by molar-refractivity contribution is 7.98. The van der Waals surface area contributed by atoms with Crippen LogP contribution in [0.3, 0.4) is 0 Å². The Hall–Kier alpha value is -2.67. The Balaban J connectivity index is 1.35. The lowest BCUT2D eigenvalue weighted by Gasteiger charge is -2.36. The Kier molecular flexibility index (Phi) is 7.02. The number of thioether (sulfide) groups is 1. The van der Waals surface area contributed by atoms with Crippen LogP contribution < -0.4 is 5.32 Å². The number of aromatic nitrogens is 4. The van der Waals surface area contributed by atoms with Gasteiger partial charge in [0, 0.05) is 32.0 Å². The van der Waals surface area contributed by atoms with Crippen molar-refractivity contribution in [1.29, 1.82) is 0 Å². The Morgan fingerprint density at radius 1 is 1.06 bits per heavy atom. The summed E-state index contributed by atoms with van der Waals surface area (Å²) >= 11 is 1.62. The maximum absolute atomic E-state index is 13.3. The third-order valence-corrected chi connectivity index (χ3v) is 7.16. The highest BCUT2D eigenvalue weighted by Crippen LogP contribution is 2.39. The minimum Gasteiger partial charge on any atom is -0.355 e. The van der Waals surface area contributed by atoms with E-state index in [4.69, 9.17) is 0 Å². The van der Waals surface area contributed by atoms with Crippen LogP contribution in [-0.2, 0) is 29.4 Å². The van der Waals surface area contributed by atoms with Gasteiger partial charge in [0.05, 0.1) is 11.1 Å². The molecule has 0 atom stereocenters. The lowest BCUT2D eigenvalue weighted by Crippen LogP contribution is -2.46. The number of amides is 1. The largest absolute Gasteiger partial charge is 0.355 e. The minimum atomic E-state index is -0.400. The van der Waals surface area contributed by atoms with Gasteiger partial charge in [-0.2, -0.15) is 0 Å². The molecule has 6 nitrogen and oxygen atoms in total. The van der Waals surface area contributed by atoms with Gasteiger partial charge < -0.3 is 9.88 Å². The molecule has 1 N–H and O–H groups in total. The molecule has 2 heterocycles. The first-order valence-corrected chi connectivity index (χ1v) is 11.9. The smallest absolute Gasteiger partial charge is 0.230 e. The summed E-state index contributed by atoms with van der Waals surface area (Å²) in [6.45, 7) is 0.560. The van der Waals surface area contributed by atoms with Crippen LogP contribution in [0.25, 0.3) is 0 Å². The molecule has 1 amide bonds. The maximum Gasteiger partial charge on any atom is 0.230 e. The van der Waals surface area contributed by atoms with Gasteiger partial charge in [0.25, 0.3) is 0 Å². The van der Waals surface area contributed by atoms with Gasteiger partial charge in [-0.1, -0.05) is 67.4 Å². The van der Waals surface area contributed by atoms with E-state index in [1.807, 2.05) is 48.0 Å². The molecule has 1 aromatic carbocycles. The Morgan fingerprint density at radius 2 is 1.84 bits per heavy atom. The monoisotopic (exact) mass is 435 g/mol. The number of rotatable bonds is 8. The van der Waals surface area contributed by atoms with Gasteiger partial charge in [-0.05, 0) is 30.5 Å². The molecule has 1 aliphatic carbocycles. The van der Waals surface area contributed by atoms with Crippen LogP contribution in [0.15, 0.2) is 59.9 Å². The molecule has 0 saturated heterocycles. The number of carbonyl (C=O) groups excluding carboxylic acids is 1. The van der Waals surface area contributed by atoms with Crippen LogP contribution in [0.5, 0.6) is 0 Å². The van der Waals surface area contributed by atoms with E-state index in [2.05, 4.69) is 32.6 Å². The summed E-state index contributed by atoms with van der Waals surface area (Å²) < 4.78 is 2.01. The zero-order valence-electron chi connectivity index (χ0n) is 18.0. The Morgan fingerprint density at radius 3 is 2.58 bits per heavy atom. The van der Waals surface area contributed by atoms with Gasteiger partial charge in [-0.3, -0.25) is 9.78 Å². The summed E-state index contributed by atoms with van der Waals surface area (Å²) in [4.78, 5) is 17.6. The van der Waals surface area contributed by atoms with Crippen molar-refractivity contribution < 1.29 is 4.79 Å². The molecule has 3 aromatic rings. The summed E-state index contributed by atoms with van der Waals surface area (Å²) in [6, 6.07) is 16.2. The molecule has 4 rings (SSSR count). The van der Waals surface area contributed by atoms with E-state index < -0.39 is 5.41 Å². The molecule has 1 aliphatic rings.